The van der Waals surface area contributed by atoms with Crippen LogP contribution in [0.3, 0.4) is 0 Å². The highest BCUT2D eigenvalue weighted by Crippen LogP contribution is 2.42. The molecule has 0 fully saturated rings. The lowest BCUT2D eigenvalue weighted by Gasteiger charge is -2.23. The number of hydrogen-bond acceptors (Lipinski definition) is 6. The number of anilines is 1. The summed E-state index contributed by atoms with van der Waals surface area (Å²) >= 11 is 0. The van der Waals surface area contributed by atoms with Crippen LogP contribution in [0.25, 0.3) is 33.4 Å². The molecule has 186 valence electrons. The van der Waals surface area contributed by atoms with Crippen molar-refractivity contribution >= 4 is 28.6 Å². The maximum atomic E-state index is 12.1. The van der Waals surface area contributed by atoms with Crippen molar-refractivity contribution in [3.63, 3.8) is 0 Å². The van der Waals surface area contributed by atoms with E-state index >= 15 is 0 Å². The molecule has 36 heavy (non-hydrogen) atoms. The van der Waals surface area contributed by atoms with E-state index in [9.17, 15) is 19.8 Å². The third-order valence-electron chi connectivity index (χ3n) is 6.69. The van der Waals surface area contributed by atoms with E-state index in [1.54, 1.807) is 0 Å². The molecule has 0 radical (unpaired) electrons. The predicted molar refractivity (Wildman–Crippen MR) is 137 cm³/mol. The summed E-state index contributed by atoms with van der Waals surface area (Å²) in [5.74, 6) is -2.31. The number of rotatable bonds is 8. The minimum Gasteiger partial charge on any atom is -0.545 e. The lowest BCUT2D eigenvalue weighted by atomic mass is 9.89. The van der Waals surface area contributed by atoms with E-state index in [4.69, 9.17) is 4.42 Å². The number of nitrogens with zero attached hydrogens (tertiary/aromatic N) is 2. The van der Waals surface area contributed by atoms with Crippen LogP contribution in [0.15, 0.2) is 59.0 Å². The maximum absolute atomic E-state index is 12.1. The van der Waals surface area contributed by atoms with E-state index in [1.807, 2.05) is 36.4 Å². The Morgan fingerprint density at radius 2 is 1.53 bits per heavy atom. The van der Waals surface area contributed by atoms with Gasteiger partial charge in [0.05, 0.1) is 18.0 Å². The second kappa shape index (κ2) is 10.2. The third-order valence-corrected chi connectivity index (χ3v) is 6.69. The first-order chi connectivity index (χ1) is 17.3. The fraction of sp³-hybridized carbons (Fsp3) is 0.276. The number of hydrogen-bond donors (Lipinski definition) is 0. The quantitative estimate of drug-likeness (QED) is 0.281. The summed E-state index contributed by atoms with van der Waals surface area (Å²) in [5.41, 5.74) is 2.88. The molecule has 0 N–H and O–H groups in total. The second-order valence-electron chi connectivity index (χ2n) is 8.52. The SMILES string of the molecule is CCN(CC)c1ccc2c(-c3ccc(C(=O)[O-])cc3C(=O)[O-])c3ccc(=[N+](CC)CC)cc-3oc2c1. The van der Waals surface area contributed by atoms with Gasteiger partial charge in [-0.2, -0.15) is 0 Å². The normalized spacial score (nSPS) is 11.1. The van der Waals surface area contributed by atoms with Crippen molar-refractivity contribution in [3.05, 3.63) is 71.1 Å². The van der Waals surface area contributed by atoms with Gasteiger partial charge < -0.3 is 29.1 Å². The highest BCUT2D eigenvalue weighted by molar-refractivity contribution is 6.08. The van der Waals surface area contributed by atoms with Crippen molar-refractivity contribution in [1.82, 2.24) is 4.58 Å². The summed E-state index contributed by atoms with van der Waals surface area (Å²) in [4.78, 5) is 25.7. The monoisotopic (exact) mass is 485 g/mol. The van der Waals surface area contributed by atoms with E-state index < -0.39 is 11.9 Å². The molecule has 0 unspecified atom stereocenters. The number of carbonyl (C=O) groups is 2. The van der Waals surface area contributed by atoms with Gasteiger partial charge in [0.1, 0.15) is 24.4 Å². The lowest BCUT2D eigenvalue weighted by Crippen LogP contribution is -2.29. The van der Waals surface area contributed by atoms with Crippen molar-refractivity contribution < 1.29 is 24.2 Å². The van der Waals surface area contributed by atoms with E-state index in [1.165, 1.54) is 12.1 Å². The Labute approximate surface area is 209 Å². The number of carboxylic acids is 2. The average Bonchev–Trinajstić information content (AvgIpc) is 2.88. The summed E-state index contributed by atoms with van der Waals surface area (Å²) in [6.45, 7) is 11.6. The van der Waals surface area contributed by atoms with Crippen LogP contribution < -0.4 is 25.0 Å². The van der Waals surface area contributed by atoms with Crippen molar-refractivity contribution in [2.75, 3.05) is 31.1 Å². The topological polar surface area (TPSA) is 99.7 Å². The highest BCUT2D eigenvalue weighted by Gasteiger charge is 2.21. The Bertz CT molecular complexity index is 1490. The summed E-state index contributed by atoms with van der Waals surface area (Å²) in [6, 6.07) is 15.7. The number of benzene rings is 3. The molecular weight excluding hydrogens is 456 g/mol. The van der Waals surface area contributed by atoms with Gasteiger partial charge in [-0.25, -0.2) is 4.58 Å². The van der Waals surface area contributed by atoms with Crippen LogP contribution in [-0.4, -0.2) is 38.1 Å². The Kier molecular flexibility index (Phi) is 7.10. The van der Waals surface area contributed by atoms with Crippen LogP contribution in [0.5, 0.6) is 0 Å². The maximum Gasteiger partial charge on any atom is 0.203 e. The second-order valence-corrected chi connectivity index (χ2v) is 8.52. The molecule has 1 heterocycles. The molecule has 0 bridgehead atoms. The zero-order chi connectivity index (χ0) is 26.0. The van der Waals surface area contributed by atoms with Gasteiger partial charge in [0, 0.05) is 53.0 Å². The molecule has 0 saturated heterocycles. The minimum atomic E-state index is -1.46. The standard InChI is InChI=1S/C29H30N2O5/c1-5-30(6-2)19-10-13-22-25(16-19)36-26-17-20(31(7-3)8-4)11-14-23(26)27(22)21-12-9-18(28(32)33)15-24(21)29(34)35/h9-17H,5-8H2,1-4H3,(H-,32,33,34,35)/p-1. The van der Waals surface area contributed by atoms with E-state index in [0.717, 1.165) is 54.2 Å². The van der Waals surface area contributed by atoms with Crippen LogP contribution in [0.1, 0.15) is 48.4 Å². The van der Waals surface area contributed by atoms with Crippen molar-refractivity contribution in [2.45, 2.75) is 27.7 Å². The van der Waals surface area contributed by atoms with Gasteiger partial charge in [-0.3, -0.25) is 0 Å². The lowest BCUT2D eigenvalue weighted by molar-refractivity contribution is -0.255. The molecule has 7 heteroatoms. The largest absolute Gasteiger partial charge is 0.545 e. The first-order valence-corrected chi connectivity index (χ1v) is 12.2. The molecule has 0 saturated carbocycles. The average molecular weight is 486 g/mol. The van der Waals surface area contributed by atoms with Gasteiger partial charge in [0.25, 0.3) is 0 Å². The molecule has 1 aliphatic heterocycles. The molecular formula is C29H29N2O5-. The number of fused-ring (bicyclic) bond motifs is 2. The van der Waals surface area contributed by atoms with Gasteiger partial charge >= 0.3 is 0 Å². The van der Waals surface area contributed by atoms with Crippen molar-refractivity contribution in [3.8, 4) is 22.5 Å². The Hall–Kier alpha value is -4.13. The smallest absolute Gasteiger partial charge is 0.203 e. The van der Waals surface area contributed by atoms with Gasteiger partial charge in [0.2, 0.25) is 5.36 Å². The van der Waals surface area contributed by atoms with Crippen LogP contribution in [0.4, 0.5) is 5.69 Å². The number of carboxylic acid groups (broad SMARTS) is 2. The summed E-state index contributed by atoms with van der Waals surface area (Å²) in [7, 11) is 0. The Balaban J connectivity index is 2.14. The van der Waals surface area contributed by atoms with Crippen molar-refractivity contribution in [1.29, 1.82) is 0 Å². The van der Waals surface area contributed by atoms with E-state index in [2.05, 4.69) is 37.2 Å². The number of aromatic carboxylic acids is 2. The van der Waals surface area contributed by atoms with Crippen LogP contribution >= 0.6 is 0 Å². The van der Waals surface area contributed by atoms with Gasteiger partial charge in [-0.1, -0.05) is 12.1 Å². The molecule has 4 rings (SSSR count). The van der Waals surface area contributed by atoms with Crippen LogP contribution in [-0.2, 0) is 0 Å². The van der Waals surface area contributed by atoms with Gasteiger partial charge in [0.15, 0.2) is 0 Å². The zero-order valence-corrected chi connectivity index (χ0v) is 21.0. The van der Waals surface area contributed by atoms with Gasteiger partial charge in [-0.15, -0.1) is 0 Å². The molecule has 0 spiro atoms. The number of carbonyl (C=O) groups excluding carboxylic acids is 2. The highest BCUT2D eigenvalue weighted by atomic mass is 16.4. The summed E-state index contributed by atoms with van der Waals surface area (Å²) in [5, 5.41) is 25.3. The molecule has 0 aromatic heterocycles. The molecule has 0 amide bonds. The fourth-order valence-corrected chi connectivity index (χ4v) is 4.79. The van der Waals surface area contributed by atoms with Crippen LogP contribution in [0, 0.1) is 0 Å². The summed E-state index contributed by atoms with van der Waals surface area (Å²) in [6.07, 6.45) is 0. The molecule has 0 atom stereocenters. The third kappa shape index (κ3) is 4.44. The Morgan fingerprint density at radius 1 is 0.833 bits per heavy atom. The van der Waals surface area contributed by atoms with Crippen molar-refractivity contribution in [2.24, 2.45) is 0 Å². The first-order valence-electron chi connectivity index (χ1n) is 12.2. The molecule has 2 aromatic rings. The molecule has 7 nitrogen and oxygen atoms in total. The van der Waals surface area contributed by atoms with E-state index in [0.29, 0.717) is 22.5 Å². The minimum absolute atomic E-state index is 0.217. The zero-order valence-electron chi connectivity index (χ0n) is 21.0. The summed E-state index contributed by atoms with van der Waals surface area (Å²) < 4.78 is 8.61. The fourth-order valence-electron chi connectivity index (χ4n) is 4.79. The van der Waals surface area contributed by atoms with Gasteiger partial charge in [-0.05, 0) is 63.1 Å². The molecule has 2 aromatic carbocycles. The van der Waals surface area contributed by atoms with E-state index in [-0.39, 0.29) is 11.1 Å². The molecule has 2 aliphatic rings. The predicted octanol–water partition coefficient (Wildman–Crippen LogP) is 2.59. The first kappa shape index (κ1) is 25.0. The van der Waals surface area contributed by atoms with Crippen LogP contribution in [0.2, 0.25) is 0 Å². The Morgan fingerprint density at radius 3 is 2.14 bits per heavy atom. The molecule has 1 aliphatic carbocycles.